The number of carbonyl (C=O) groups is 1. The second-order valence-corrected chi connectivity index (χ2v) is 3.72. The first-order chi connectivity index (χ1) is 7.79. The molecule has 1 aliphatic rings. The summed E-state index contributed by atoms with van der Waals surface area (Å²) in [5, 5.41) is 0. The van der Waals surface area contributed by atoms with E-state index in [-0.39, 0.29) is 12.3 Å². The van der Waals surface area contributed by atoms with Crippen molar-refractivity contribution in [3.8, 4) is 11.5 Å². The van der Waals surface area contributed by atoms with Crippen LogP contribution in [0.3, 0.4) is 0 Å². The zero-order valence-electron chi connectivity index (χ0n) is 9.07. The van der Waals surface area contributed by atoms with Crippen LogP contribution in [0, 0.1) is 0 Å². The number of ketones is 1. The fraction of sp³-hybridized carbons (Fsp3) is 0.417. The van der Waals surface area contributed by atoms with Gasteiger partial charge in [0.25, 0.3) is 0 Å². The van der Waals surface area contributed by atoms with Crippen molar-refractivity contribution in [2.24, 2.45) is 5.73 Å². The molecule has 16 heavy (non-hydrogen) atoms. The highest BCUT2D eigenvalue weighted by atomic mass is 16.6. The van der Waals surface area contributed by atoms with Gasteiger partial charge in [0.15, 0.2) is 11.5 Å². The number of hydrogen-bond acceptors (Lipinski definition) is 4. The zero-order chi connectivity index (χ0) is 11.4. The van der Waals surface area contributed by atoms with Crippen molar-refractivity contribution in [1.82, 2.24) is 0 Å². The van der Waals surface area contributed by atoms with Gasteiger partial charge in [0, 0.05) is 6.42 Å². The van der Waals surface area contributed by atoms with Gasteiger partial charge in [-0.15, -0.1) is 0 Å². The van der Waals surface area contributed by atoms with Gasteiger partial charge in [-0.25, -0.2) is 0 Å². The third-order valence-corrected chi connectivity index (χ3v) is 2.53. The zero-order valence-corrected chi connectivity index (χ0v) is 9.07. The number of ether oxygens (including phenoxy) is 2. The summed E-state index contributed by atoms with van der Waals surface area (Å²) in [5.41, 5.74) is 6.33. The summed E-state index contributed by atoms with van der Waals surface area (Å²) in [6.07, 6.45) is 1.18. The van der Waals surface area contributed by atoms with Crippen LogP contribution in [0.2, 0.25) is 0 Å². The molecule has 4 nitrogen and oxygen atoms in total. The summed E-state index contributed by atoms with van der Waals surface area (Å²) in [7, 11) is 0. The Kier molecular flexibility index (Phi) is 3.41. The number of fused-ring (bicyclic) bond motifs is 1. The van der Waals surface area contributed by atoms with Gasteiger partial charge in [-0.3, -0.25) is 4.79 Å². The molecule has 2 rings (SSSR count). The van der Waals surface area contributed by atoms with E-state index < -0.39 is 0 Å². The quantitative estimate of drug-likeness (QED) is 0.821. The average molecular weight is 221 g/mol. The summed E-state index contributed by atoms with van der Waals surface area (Å²) >= 11 is 0. The topological polar surface area (TPSA) is 61.6 Å². The van der Waals surface area contributed by atoms with Crippen LogP contribution in [0.5, 0.6) is 11.5 Å². The third-order valence-electron chi connectivity index (χ3n) is 2.53. The minimum atomic E-state index is 0.0786. The largest absolute Gasteiger partial charge is 0.486 e. The fourth-order valence-corrected chi connectivity index (χ4v) is 1.63. The molecule has 0 saturated heterocycles. The van der Waals surface area contributed by atoms with E-state index in [0.29, 0.717) is 26.1 Å². The van der Waals surface area contributed by atoms with Gasteiger partial charge in [0.1, 0.15) is 19.0 Å². The molecule has 1 heterocycles. The van der Waals surface area contributed by atoms with E-state index in [4.69, 9.17) is 15.2 Å². The summed E-state index contributed by atoms with van der Waals surface area (Å²) in [6.45, 7) is 1.29. The van der Waals surface area contributed by atoms with Crippen LogP contribution in [0.25, 0.3) is 0 Å². The van der Waals surface area contributed by atoms with Gasteiger partial charge in [0.05, 0.1) is 6.54 Å². The lowest BCUT2D eigenvalue weighted by atomic mass is 10.1. The minimum absolute atomic E-state index is 0.0786. The third kappa shape index (κ3) is 2.52. The second-order valence-electron chi connectivity index (χ2n) is 3.72. The lowest BCUT2D eigenvalue weighted by Crippen LogP contribution is -2.16. The van der Waals surface area contributed by atoms with Crippen molar-refractivity contribution in [1.29, 1.82) is 0 Å². The lowest BCUT2D eigenvalue weighted by molar-refractivity contribution is -0.117. The van der Waals surface area contributed by atoms with E-state index in [1.807, 2.05) is 18.2 Å². The SMILES string of the molecule is NCC(=O)CCc1ccc2c(c1)OCCO2. The molecule has 0 aliphatic carbocycles. The van der Waals surface area contributed by atoms with Gasteiger partial charge in [-0.2, -0.15) is 0 Å². The van der Waals surface area contributed by atoms with Crippen LogP contribution in [0.1, 0.15) is 12.0 Å². The predicted molar refractivity (Wildman–Crippen MR) is 59.8 cm³/mol. The van der Waals surface area contributed by atoms with E-state index in [1.54, 1.807) is 0 Å². The van der Waals surface area contributed by atoms with Crippen molar-refractivity contribution in [3.05, 3.63) is 23.8 Å². The Labute approximate surface area is 94.3 Å². The normalized spacial score (nSPS) is 13.6. The fourth-order valence-electron chi connectivity index (χ4n) is 1.63. The molecule has 0 atom stereocenters. The highest BCUT2D eigenvalue weighted by molar-refractivity contribution is 5.80. The van der Waals surface area contributed by atoms with Crippen LogP contribution < -0.4 is 15.2 Å². The summed E-state index contributed by atoms with van der Waals surface area (Å²) < 4.78 is 10.9. The van der Waals surface area contributed by atoms with Crippen molar-refractivity contribution in [2.45, 2.75) is 12.8 Å². The minimum Gasteiger partial charge on any atom is -0.486 e. The maximum Gasteiger partial charge on any atom is 0.161 e. The smallest absolute Gasteiger partial charge is 0.161 e. The predicted octanol–water partition coefficient (Wildman–Crippen LogP) is 0.918. The summed E-state index contributed by atoms with van der Waals surface area (Å²) in [5.74, 6) is 1.62. The number of nitrogens with two attached hydrogens (primary N) is 1. The molecular weight excluding hydrogens is 206 g/mol. The van der Waals surface area contributed by atoms with Crippen LogP contribution in [-0.2, 0) is 11.2 Å². The molecule has 0 radical (unpaired) electrons. The van der Waals surface area contributed by atoms with E-state index >= 15 is 0 Å². The highest BCUT2D eigenvalue weighted by Crippen LogP contribution is 2.30. The molecule has 0 bridgehead atoms. The Hall–Kier alpha value is -1.55. The molecular formula is C12H15NO3. The molecule has 0 fully saturated rings. The summed E-state index contributed by atoms with van der Waals surface area (Å²) in [6, 6.07) is 5.77. The molecule has 1 aliphatic heterocycles. The Morgan fingerprint density at radius 3 is 2.75 bits per heavy atom. The van der Waals surface area contributed by atoms with E-state index in [9.17, 15) is 4.79 Å². The van der Waals surface area contributed by atoms with Gasteiger partial charge >= 0.3 is 0 Å². The lowest BCUT2D eigenvalue weighted by Gasteiger charge is -2.18. The van der Waals surface area contributed by atoms with Gasteiger partial charge in [-0.1, -0.05) is 6.07 Å². The number of aryl methyl sites for hydroxylation is 1. The number of carbonyl (C=O) groups excluding carboxylic acids is 1. The first-order valence-corrected chi connectivity index (χ1v) is 5.40. The highest BCUT2D eigenvalue weighted by Gasteiger charge is 2.11. The Morgan fingerprint density at radius 1 is 1.25 bits per heavy atom. The second kappa shape index (κ2) is 4.99. The first kappa shape index (κ1) is 11.0. The van der Waals surface area contributed by atoms with Crippen LogP contribution in [0.15, 0.2) is 18.2 Å². The van der Waals surface area contributed by atoms with Crippen LogP contribution in [0.4, 0.5) is 0 Å². The monoisotopic (exact) mass is 221 g/mol. The Bertz CT molecular complexity index is 390. The van der Waals surface area contributed by atoms with E-state index in [2.05, 4.69) is 0 Å². The van der Waals surface area contributed by atoms with E-state index in [1.165, 1.54) is 0 Å². The Morgan fingerprint density at radius 2 is 2.00 bits per heavy atom. The molecule has 2 N–H and O–H groups in total. The summed E-state index contributed by atoms with van der Waals surface area (Å²) in [4.78, 5) is 11.1. The van der Waals surface area contributed by atoms with Crippen LogP contribution >= 0.6 is 0 Å². The molecule has 0 aromatic heterocycles. The van der Waals surface area contributed by atoms with Gasteiger partial charge in [0.2, 0.25) is 0 Å². The molecule has 0 unspecified atom stereocenters. The number of Topliss-reactive ketones (excluding diaryl/α,β-unsaturated/α-hetero) is 1. The maximum atomic E-state index is 11.1. The molecule has 4 heteroatoms. The molecule has 1 aromatic carbocycles. The van der Waals surface area contributed by atoms with Crippen molar-refractivity contribution in [2.75, 3.05) is 19.8 Å². The molecule has 1 aromatic rings. The van der Waals surface area contributed by atoms with Gasteiger partial charge in [-0.05, 0) is 24.1 Å². The van der Waals surface area contributed by atoms with Crippen molar-refractivity contribution in [3.63, 3.8) is 0 Å². The van der Waals surface area contributed by atoms with Gasteiger partial charge < -0.3 is 15.2 Å². The van der Waals surface area contributed by atoms with Crippen molar-refractivity contribution >= 4 is 5.78 Å². The van der Waals surface area contributed by atoms with E-state index in [0.717, 1.165) is 17.1 Å². The first-order valence-electron chi connectivity index (χ1n) is 5.40. The number of rotatable bonds is 4. The number of benzene rings is 1. The Balaban J connectivity index is 2.03. The molecule has 0 saturated carbocycles. The average Bonchev–Trinajstić information content (AvgIpc) is 2.35. The molecule has 86 valence electrons. The van der Waals surface area contributed by atoms with Crippen molar-refractivity contribution < 1.29 is 14.3 Å². The molecule has 0 amide bonds. The molecule has 0 spiro atoms. The number of hydrogen-bond donors (Lipinski definition) is 1. The maximum absolute atomic E-state index is 11.1. The standard InChI is InChI=1S/C12H15NO3/c13-8-10(14)3-1-9-2-4-11-12(7-9)16-6-5-15-11/h2,4,7H,1,3,5-6,8,13H2. The van der Waals surface area contributed by atoms with Crippen LogP contribution in [-0.4, -0.2) is 25.5 Å².